The summed E-state index contributed by atoms with van der Waals surface area (Å²) in [6, 6.07) is 7.30. The molecule has 0 radical (unpaired) electrons. The van der Waals surface area contributed by atoms with Crippen LogP contribution in [0.15, 0.2) is 22.7 Å². The average Bonchev–Trinajstić information content (AvgIpc) is 2.37. The maximum absolute atomic E-state index is 5.96. The van der Waals surface area contributed by atoms with Crippen LogP contribution in [0.25, 0.3) is 0 Å². The molecule has 1 aromatic carbocycles. The maximum atomic E-state index is 5.96. The normalized spacial score (nSPS) is 25.1. The summed E-state index contributed by atoms with van der Waals surface area (Å²) in [7, 11) is 2.22. The number of anilines is 1. The molecule has 106 valence electrons. The number of hydrogen-bond acceptors (Lipinski definition) is 2. The van der Waals surface area contributed by atoms with Crippen molar-refractivity contribution in [1.29, 1.82) is 0 Å². The van der Waals surface area contributed by atoms with Gasteiger partial charge in [0.2, 0.25) is 0 Å². The van der Waals surface area contributed by atoms with Gasteiger partial charge in [0.1, 0.15) is 0 Å². The fraction of sp³-hybridized carbons (Fsp3) is 0.625. The van der Waals surface area contributed by atoms with E-state index in [4.69, 9.17) is 5.73 Å². The molecule has 0 aliphatic heterocycles. The maximum Gasteiger partial charge on any atom is 0.0377 e. The Kier molecular flexibility index (Phi) is 4.91. The molecule has 0 heterocycles. The lowest BCUT2D eigenvalue weighted by atomic mass is 9.86. The minimum absolute atomic E-state index is 0.0726. The summed E-state index contributed by atoms with van der Waals surface area (Å²) in [5.74, 6) is 0.855. The molecule has 3 unspecified atom stereocenters. The van der Waals surface area contributed by atoms with E-state index in [0.29, 0.717) is 6.04 Å². The molecule has 1 aliphatic rings. The minimum Gasteiger partial charge on any atom is -0.372 e. The van der Waals surface area contributed by atoms with Gasteiger partial charge < -0.3 is 10.6 Å². The van der Waals surface area contributed by atoms with Gasteiger partial charge in [0, 0.05) is 29.3 Å². The molecule has 3 heteroatoms. The first-order valence-electron chi connectivity index (χ1n) is 7.27. The van der Waals surface area contributed by atoms with Crippen molar-refractivity contribution in [2.24, 2.45) is 11.7 Å². The monoisotopic (exact) mass is 324 g/mol. The molecule has 19 heavy (non-hydrogen) atoms. The lowest BCUT2D eigenvalue weighted by Crippen LogP contribution is -2.35. The Bertz CT molecular complexity index is 431. The van der Waals surface area contributed by atoms with Crippen LogP contribution in [0.4, 0.5) is 5.69 Å². The third kappa shape index (κ3) is 3.51. The zero-order chi connectivity index (χ0) is 14.0. The topological polar surface area (TPSA) is 29.3 Å². The van der Waals surface area contributed by atoms with E-state index in [-0.39, 0.29) is 6.04 Å². The standard InChI is InChI=1S/C16H25BrN2/c1-11-5-4-6-13(9-11)19(3)14-7-8-15(12(2)18)16(17)10-14/h7-8,10-13H,4-6,9,18H2,1-3H3. The van der Waals surface area contributed by atoms with Crippen molar-refractivity contribution in [3.05, 3.63) is 28.2 Å². The van der Waals surface area contributed by atoms with Crippen molar-refractivity contribution < 1.29 is 0 Å². The molecule has 1 fully saturated rings. The third-order valence-corrected chi connectivity index (χ3v) is 5.03. The van der Waals surface area contributed by atoms with E-state index in [9.17, 15) is 0 Å². The average molecular weight is 325 g/mol. The lowest BCUT2D eigenvalue weighted by Gasteiger charge is -2.36. The summed E-state index contributed by atoms with van der Waals surface area (Å²) < 4.78 is 1.12. The molecule has 0 aromatic heterocycles. The van der Waals surface area contributed by atoms with E-state index < -0.39 is 0 Å². The Morgan fingerprint density at radius 1 is 1.37 bits per heavy atom. The van der Waals surface area contributed by atoms with Crippen molar-refractivity contribution in [2.75, 3.05) is 11.9 Å². The van der Waals surface area contributed by atoms with E-state index in [1.54, 1.807) is 0 Å². The second-order valence-electron chi connectivity index (χ2n) is 6.03. The largest absolute Gasteiger partial charge is 0.372 e. The Hall–Kier alpha value is -0.540. The summed E-state index contributed by atoms with van der Waals surface area (Å²) in [6.45, 7) is 4.39. The minimum atomic E-state index is 0.0726. The number of rotatable bonds is 3. The molecule has 0 bridgehead atoms. The van der Waals surface area contributed by atoms with Gasteiger partial charge >= 0.3 is 0 Å². The van der Waals surface area contributed by atoms with E-state index in [1.807, 2.05) is 6.92 Å². The Morgan fingerprint density at radius 2 is 2.11 bits per heavy atom. The second-order valence-corrected chi connectivity index (χ2v) is 6.89. The van der Waals surface area contributed by atoms with E-state index in [2.05, 4.69) is 53.0 Å². The molecule has 2 N–H and O–H groups in total. The molecule has 2 nitrogen and oxygen atoms in total. The molecule has 2 rings (SSSR count). The first kappa shape index (κ1) is 14.9. The highest BCUT2D eigenvalue weighted by Crippen LogP contribution is 2.32. The molecule has 1 aliphatic carbocycles. The van der Waals surface area contributed by atoms with Crippen LogP contribution in [-0.4, -0.2) is 13.1 Å². The Morgan fingerprint density at radius 3 is 2.68 bits per heavy atom. The molecule has 0 amide bonds. The predicted octanol–water partition coefficient (Wildman–Crippen LogP) is 4.48. The number of benzene rings is 1. The predicted molar refractivity (Wildman–Crippen MR) is 86.6 cm³/mol. The summed E-state index contributed by atoms with van der Waals surface area (Å²) >= 11 is 3.65. The van der Waals surface area contributed by atoms with Gasteiger partial charge in [-0.15, -0.1) is 0 Å². The van der Waals surface area contributed by atoms with Crippen LogP contribution >= 0.6 is 15.9 Å². The van der Waals surface area contributed by atoms with Crippen LogP contribution in [-0.2, 0) is 0 Å². The fourth-order valence-electron chi connectivity index (χ4n) is 3.07. The van der Waals surface area contributed by atoms with E-state index in [0.717, 1.165) is 10.4 Å². The van der Waals surface area contributed by atoms with E-state index >= 15 is 0 Å². The lowest BCUT2D eigenvalue weighted by molar-refractivity contribution is 0.336. The fourth-order valence-corrected chi connectivity index (χ4v) is 3.80. The molecule has 1 saturated carbocycles. The summed E-state index contributed by atoms with van der Waals surface area (Å²) in [5.41, 5.74) is 8.42. The van der Waals surface area contributed by atoms with Gasteiger partial charge in [0.25, 0.3) is 0 Å². The second kappa shape index (κ2) is 6.27. The van der Waals surface area contributed by atoms with Gasteiger partial charge in [-0.25, -0.2) is 0 Å². The zero-order valence-corrected chi connectivity index (χ0v) is 13.8. The van der Waals surface area contributed by atoms with Crippen molar-refractivity contribution in [2.45, 2.75) is 51.6 Å². The van der Waals surface area contributed by atoms with Crippen LogP contribution in [0.3, 0.4) is 0 Å². The summed E-state index contributed by atoms with van der Waals surface area (Å²) in [6.07, 6.45) is 5.36. The highest BCUT2D eigenvalue weighted by molar-refractivity contribution is 9.10. The number of hydrogen-bond donors (Lipinski definition) is 1. The summed E-state index contributed by atoms with van der Waals surface area (Å²) in [4.78, 5) is 2.44. The number of nitrogens with two attached hydrogens (primary N) is 1. The van der Waals surface area contributed by atoms with Gasteiger partial charge in [0.05, 0.1) is 0 Å². The first-order chi connectivity index (χ1) is 8.99. The number of halogens is 1. The molecule has 3 atom stereocenters. The smallest absolute Gasteiger partial charge is 0.0377 e. The summed E-state index contributed by atoms with van der Waals surface area (Å²) in [5, 5.41) is 0. The Labute approximate surface area is 125 Å². The molecule has 1 aromatic rings. The quantitative estimate of drug-likeness (QED) is 0.887. The van der Waals surface area contributed by atoms with Crippen LogP contribution in [0.5, 0.6) is 0 Å². The number of nitrogens with zero attached hydrogens (tertiary/aromatic N) is 1. The third-order valence-electron chi connectivity index (χ3n) is 4.34. The van der Waals surface area contributed by atoms with Crippen LogP contribution < -0.4 is 10.6 Å². The van der Waals surface area contributed by atoms with Crippen molar-refractivity contribution in [3.8, 4) is 0 Å². The highest BCUT2D eigenvalue weighted by atomic mass is 79.9. The highest BCUT2D eigenvalue weighted by Gasteiger charge is 2.23. The van der Waals surface area contributed by atoms with Gasteiger partial charge in [-0.3, -0.25) is 0 Å². The SMILES string of the molecule is CC1CCCC(N(C)c2ccc(C(C)N)c(Br)c2)C1. The zero-order valence-electron chi connectivity index (χ0n) is 12.2. The van der Waals surface area contributed by atoms with E-state index in [1.165, 1.54) is 36.9 Å². The van der Waals surface area contributed by atoms with Crippen molar-refractivity contribution >= 4 is 21.6 Å². The molecule has 0 saturated heterocycles. The van der Waals surface area contributed by atoms with Crippen molar-refractivity contribution in [3.63, 3.8) is 0 Å². The van der Waals surface area contributed by atoms with Gasteiger partial charge in [-0.1, -0.05) is 41.8 Å². The molecular formula is C16H25BrN2. The van der Waals surface area contributed by atoms with Crippen LogP contribution in [0.1, 0.15) is 51.1 Å². The molecular weight excluding hydrogens is 300 g/mol. The Balaban J connectivity index is 2.15. The van der Waals surface area contributed by atoms with Crippen LogP contribution in [0, 0.1) is 5.92 Å². The van der Waals surface area contributed by atoms with Crippen LogP contribution in [0.2, 0.25) is 0 Å². The van der Waals surface area contributed by atoms with Gasteiger partial charge in [0.15, 0.2) is 0 Å². The first-order valence-corrected chi connectivity index (χ1v) is 8.06. The van der Waals surface area contributed by atoms with Gasteiger partial charge in [-0.05, 0) is 43.4 Å². The van der Waals surface area contributed by atoms with Crippen molar-refractivity contribution in [1.82, 2.24) is 0 Å². The molecule has 0 spiro atoms. The van der Waals surface area contributed by atoms with Gasteiger partial charge in [-0.2, -0.15) is 0 Å².